The molecule has 0 bridgehead atoms. The van der Waals surface area contributed by atoms with Crippen LogP contribution in [0, 0.1) is 5.92 Å². The van der Waals surface area contributed by atoms with Gasteiger partial charge in [-0.15, -0.1) is 12.4 Å². The number of hydrogen-bond acceptors (Lipinski definition) is 3. The molecular formula is C18H27Cl3N2O2S. The number of benzene rings is 1. The van der Waals surface area contributed by atoms with Crippen molar-refractivity contribution in [3.8, 4) is 0 Å². The van der Waals surface area contributed by atoms with E-state index in [0.29, 0.717) is 16.1 Å². The molecule has 1 heterocycles. The quantitative estimate of drug-likeness (QED) is 0.680. The molecular weight excluding hydrogens is 415 g/mol. The third-order valence-corrected chi connectivity index (χ3v) is 8.06. The zero-order chi connectivity index (χ0) is 18.2. The van der Waals surface area contributed by atoms with Crippen molar-refractivity contribution >= 4 is 45.6 Å². The van der Waals surface area contributed by atoms with Crippen LogP contribution >= 0.6 is 35.6 Å². The summed E-state index contributed by atoms with van der Waals surface area (Å²) in [5.41, 5.74) is 0. The van der Waals surface area contributed by atoms with E-state index in [-0.39, 0.29) is 23.3 Å². The molecule has 0 spiro atoms. The first-order valence-corrected chi connectivity index (χ1v) is 11.1. The first-order chi connectivity index (χ1) is 11.8. The topological polar surface area (TPSA) is 40.6 Å². The molecule has 26 heavy (non-hydrogen) atoms. The highest BCUT2D eigenvalue weighted by atomic mass is 35.5. The lowest BCUT2D eigenvalue weighted by molar-refractivity contribution is 0.136. The Morgan fingerprint density at radius 2 is 1.62 bits per heavy atom. The number of nitrogens with zero attached hydrogens (tertiary/aromatic N) is 2. The Morgan fingerprint density at radius 3 is 2.19 bits per heavy atom. The Bertz CT molecular complexity index is 701. The summed E-state index contributed by atoms with van der Waals surface area (Å²) >= 11 is 12.0. The van der Waals surface area contributed by atoms with Crippen LogP contribution < -0.4 is 0 Å². The highest BCUT2D eigenvalue weighted by Gasteiger charge is 2.37. The first kappa shape index (κ1) is 22.3. The predicted octanol–water partition coefficient (Wildman–Crippen LogP) is 4.69. The van der Waals surface area contributed by atoms with Gasteiger partial charge in [0.2, 0.25) is 10.0 Å². The number of likely N-dealkylation sites (tertiary alicyclic amines) is 1. The molecule has 2 atom stereocenters. The number of halogens is 3. The summed E-state index contributed by atoms with van der Waals surface area (Å²) in [6.07, 6.45) is 5.36. The molecule has 1 aliphatic carbocycles. The van der Waals surface area contributed by atoms with Crippen LogP contribution in [-0.4, -0.2) is 49.8 Å². The van der Waals surface area contributed by atoms with Gasteiger partial charge >= 0.3 is 0 Å². The Hall–Kier alpha value is -0.0400. The highest BCUT2D eigenvalue weighted by Crippen LogP contribution is 2.33. The fourth-order valence-corrected chi connectivity index (χ4v) is 6.15. The smallest absolute Gasteiger partial charge is 0.243 e. The van der Waals surface area contributed by atoms with Crippen molar-refractivity contribution < 1.29 is 8.42 Å². The van der Waals surface area contributed by atoms with Gasteiger partial charge < -0.3 is 4.90 Å². The number of sulfonamides is 1. The van der Waals surface area contributed by atoms with E-state index >= 15 is 0 Å². The van der Waals surface area contributed by atoms with Crippen LogP contribution in [0.5, 0.6) is 0 Å². The minimum absolute atomic E-state index is 0. The van der Waals surface area contributed by atoms with Gasteiger partial charge in [0.05, 0.1) is 4.90 Å². The number of hydrogen-bond donors (Lipinski definition) is 0. The van der Waals surface area contributed by atoms with E-state index in [1.807, 2.05) is 0 Å². The van der Waals surface area contributed by atoms with Crippen LogP contribution in [0.3, 0.4) is 0 Å². The van der Waals surface area contributed by atoms with Crippen LogP contribution in [0.1, 0.15) is 39.0 Å². The summed E-state index contributed by atoms with van der Waals surface area (Å²) in [7, 11) is -1.91. The van der Waals surface area contributed by atoms with Gasteiger partial charge in [-0.25, -0.2) is 8.42 Å². The molecule has 4 nitrogen and oxygen atoms in total. The lowest BCUT2D eigenvalue weighted by Crippen LogP contribution is -2.41. The van der Waals surface area contributed by atoms with Gasteiger partial charge in [-0.2, -0.15) is 4.31 Å². The second kappa shape index (κ2) is 8.97. The molecule has 0 unspecified atom stereocenters. The minimum Gasteiger partial charge on any atom is -0.300 e. The number of piperidine rings is 1. The largest absolute Gasteiger partial charge is 0.300 e. The Morgan fingerprint density at radius 1 is 1.04 bits per heavy atom. The summed E-state index contributed by atoms with van der Waals surface area (Å²) in [4.78, 5) is 2.72. The lowest BCUT2D eigenvalue weighted by atomic mass is 9.97. The van der Waals surface area contributed by atoms with Gasteiger partial charge in [0, 0.05) is 29.2 Å². The summed E-state index contributed by atoms with van der Waals surface area (Å²) < 4.78 is 27.4. The molecule has 2 aliphatic rings. The van der Waals surface area contributed by atoms with Gasteiger partial charge in [0.1, 0.15) is 0 Å². The molecule has 0 radical (unpaired) electrons. The van der Waals surface area contributed by atoms with E-state index in [9.17, 15) is 8.42 Å². The van der Waals surface area contributed by atoms with Gasteiger partial charge in [0.25, 0.3) is 0 Å². The molecule has 1 aromatic rings. The normalized spacial score (nSPS) is 25.4. The fourth-order valence-electron chi connectivity index (χ4n) is 4.03. The van der Waals surface area contributed by atoms with Gasteiger partial charge in [-0.1, -0.05) is 30.1 Å². The summed E-state index contributed by atoms with van der Waals surface area (Å²) in [5, 5.41) is 0.678. The van der Waals surface area contributed by atoms with Crippen molar-refractivity contribution in [3.63, 3.8) is 0 Å². The Balaban J connectivity index is 0.00000243. The third kappa shape index (κ3) is 4.86. The van der Waals surface area contributed by atoms with Gasteiger partial charge in [-0.3, -0.25) is 0 Å². The first-order valence-electron chi connectivity index (χ1n) is 8.95. The molecule has 1 aliphatic heterocycles. The molecule has 1 aromatic carbocycles. The average Bonchev–Trinajstić information content (AvgIpc) is 3.03. The lowest BCUT2D eigenvalue weighted by Gasteiger charge is -2.35. The molecule has 0 aromatic heterocycles. The zero-order valence-electron chi connectivity index (χ0n) is 15.2. The van der Waals surface area contributed by atoms with E-state index < -0.39 is 10.0 Å². The van der Waals surface area contributed by atoms with Crippen molar-refractivity contribution in [2.24, 2.45) is 5.92 Å². The predicted molar refractivity (Wildman–Crippen MR) is 110 cm³/mol. The standard InChI is InChI=1S/C18H26Cl2N2O2S.ClH/c1-13-5-7-22(8-6-13)17-4-3-16(12-17)21(2)25(23,24)18-10-14(19)9-15(20)11-18;/h9-11,13,16-17H,3-8,12H2,1-2H3;1H/t16-,17+;/m1./s1. The molecule has 1 saturated carbocycles. The van der Waals surface area contributed by atoms with Crippen molar-refractivity contribution in [1.29, 1.82) is 0 Å². The molecule has 3 rings (SSSR count). The van der Waals surface area contributed by atoms with E-state index in [2.05, 4.69) is 11.8 Å². The van der Waals surface area contributed by atoms with Gasteiger partial charge in [-0.05, 0) is 69.3 Å². The highest BCUT2D eigenvalue weighted by molar-refractivity contribution is 7.89. The summed E-state index contributed by atoms with van der Waals surface area (Å²) in [6, 6.07) is 5.02. The van der Waals surface area contributed by atoms with E-state index in [1.54, 1.807) is 13.1 Å². The van der Waals surface area contributed by atoms with Crippen LogP contribution in [0.15, 0.2) is 23.1 Å². The molecule has 2 fully saturated rings. The second-order valence-corrected chi connectivity index (χ2v) is 10.3. The summed E-state index contributed by atoms with van der Waals surface area (Å²) in [6.45, 7) is 4.59. The second-order valence-electron chi connectivity index (χ2n) is 7.47. The van der Waals surface area contributed by atoms with Gasteiger partial charge in [0.15, 0.2) is 0 Å². The molecule has 0 N–H and O–H groups in total. The molecule has 1 saturated heterocycles. The SMILES string of the molecule is CC1CCN([C@H]2CC[C@@H](N(C)S(=O)(=O)c3cc(Cl)cc(Cl)c3)C2)CC1.Cl. The fraction of sp³-hybridized carbons (Fsp3) is 0.667. The van der Waals surface area contributed by atoms with Crippen LogP contribution in [0.4, 0.5) is 0 Å². The Kier molecular flexibility index (Phi) is 7.68. The zero-order valence-corrected chi connectivity index (χ0v) is 18.3. The van der Waals surface area contributed by atoms with Crippen LogP contribution in [0.2, 0.25) is 10.0 Å². The van der Waals surface area contributed by atoms with Crippen molar-refractivity contribution in [1.82, 2.24) is 9.21 Å². The molecule has 148 valence electrons. The molecule has 8 heteroatoms. The van der Waals surface area contributed by atoms with Crippen molar-refractivity contribution in [2.75, 3.05) is 20.1 Å². The summed E-state index contributed by atoms with van der Waals surface area (Å²) in [5.74, 6) is 0.809. The minimum atomic E-state index is -3.58. The van der Waals surface area contributed by atoms with E-state index in [0.717, 1.165) is 38.3 Å². The number of rotatable bonds is 4. The maximum absolute atomic E-state index is 12.9. The average molecular weight is 442 g/mol. The third-order valence-electron chi connectivity index (χ3n) is 5.74. The van der Waals surface area contributed by atoms with E-state index in [1.165, 1.54) is 29.3 Å². The van der Waals surface area contributed by atoms with Crippen LogP contribution in [0.25, 0.3) is 0 Å². The van der Waals surface area contributed by atoms with Crippen molar-refractivity contribution in [3.05, 3.63) is 28.2 Å². The maximum Gasteiger partial charge on any atom is 0.243 e. The van der Waals surface area contributed by atoms with Crippen LogP contribution in [-0.2, 0) is 10.0 Å². The maximum atomic E-state index is 12.9. The van der Waals surface area contributed by atoms with Crippen molar-refractivity contribution in [2.45, 2.75) is 56.0 Å². The van der Waals surface area contributed by atoms with E-state index in [4.69, 9.17) is 23.2 Å². The molecule has 0 amide bonds. The Labute approximate surface area is 173 Å². The monoisotopic (exact) mass is 440 g/mol.